The molecule has 1 unspecified atom stereocenters. The normalized spacial score (nSPS) is 12.4. The van der Waals surface area contributed by atoms with E-state index < -0.39 is 0 Å². The Hall–Kier alpha value is -1.32. The molecule has 0 bridgehead atoms. The maximum Gasteiger partial charge on any atom is 0.124 e. The van der Waals surface area contributed by atoms with E-state index in [1.807, 2.05) is 18.2 Å². The molecular weight excluding hydrogens is 326 g/mol. The van der Waals surface area contributed by atoms with Crippen molar-refractivity contribution in [2.75, 3.05) is 0 Å². The van der Waals surface area contributed by atoms with E-state index in [1.165, 1.54) is 11.1 Å². The molecule has 0 aliphatic carbocycles. The molecule has 0 heterocycles. The number of ether oxygens (including phenoxy) is 1. The second kappa shape index (κ2) is 7.62. The van der Waals surface area contributed by atoms with Crippen molar-refractivity contribution in [1.82, 2.24) is 5.32 Å². The van der Waals surface area contributed by atoms with E-state index in [1.54, 1.807) is 0 Å². The van der Waals surface area contributed by atoms with Crippen LogP contribution in [0.2, 0.25) is 0 Å². The van der Waals surface area contributed by atoms with Crippen LogP contribution in [0.15, 0.2) is 53.0 Å². The molecule has 0 aliphatic rings. The lowest BCUT2D eigenvalue weighted by molar-refractivity contribution is 0.238. The Kier molecular flexibility index (Phi) is 5.83. The summed E-state index contributed by atoms with van der Waals surface area (Å²) < 4.78 is 7.03. The highest BCUT2D eigenvalue weighted by atomic mass is 79.9. The number of hydrogen-bond donors (Lipinski definition) is 1. The molecule has 0 radical (unpaired) electrons. The molecule has 0 saturated carbocycles. The van der Waals surface area contributed by atoms with Gasteiger partial charge in [0.25, 0.3) is 0 Å². The number of rotatable bonds is 6. The van der Waals surface area contributed by atoms with Gasteiger partial charge in [0, 0.05) is 22.6 Å². The zero-order valence-corrected chi connectivity index (χ0v) is 14.4. The number of hydrogen-bond acceptors (Lipinski definition) is 2. The first-order valence-electron chi connectivity index (χ1n) is 7.30. The minimum Gasteiger partial charge on any atom is -0.491 e. The highest BCUT2D eigenvalue weighted by Crippen LogP contribution is 2.26. The van der Waals surface area contributed by atoms with E-state index in [9.17, 15) is 0 Å². The van der Waals surface area contributed by atoms with Gasteiger partial charge < -0.3 is 10.1 Å². The summed E-state index contributed by atoms with van der Waals surface area (Å²) in [5.74, 6) is 0.958. The van der Waals surface area contributed by atoms with Gasteiger partial charge in [0.1, 0.15) is 5.75 Å². The predicted molar refractivity (Wildman–Crippen MR) is 91.6 cm³/mol. The number of para-hydroxylation sites is 1. The monoisotopic (exact) mass is 347 g/mol. The van der Waals surface area contributed by atoms with Crippen molar-refractivity contribution in [3.8, 4) is 5.75 Å². The van der Waals surface area contributed by atoms with E-state index in [-0.39, 0.29) is 12.1 Å². The van der Waals surface area contributed by atoms with E-state index in [4.69, 9.17) is 4.74 Å². The molecule has 2 nitrogen and oxygen atoms in total. The molecule has 0 fully saturated rings. The lowest BCUT2D eigenvalue weighted by Crippen LogP contribution is -2.20. The van der Waals surface area contributed by atoms with Crippen LogP contribution in [-0.4, -0.2) is 6.10 Å². The van der Waals surface area contributed by atoms with Crippen molar-refractivity contribution in [3.05, 3.63) is 64.1 Å². The molecule has 1 N–H and O–H groups in total. The highest BCUT2D eigenvalue weighted by Gasteiger charge is 2.12. The standard InChI is InChI=1S/C18H22BrNO/c1-13(2)21-18-11-7-5-9-16(18)14(3)20-12-15-8-4-6-10-17(15)19/h4-11,13-14,20H,12H2,1-3H3. The van der Waals surface area contributed by atoms with Crippen molar-refractivity contribution < 1.29 is 4.74 Å². The second-order valence-electron chi connectivity index (χ2n) is 5.40. The minimum absolute atomic E-state index is 0.182. The summed E-state index contributed by atoms with van der Waals surface area (Å²) >= 11 is 3.59. The average Bonchev–Trinajstić information content (AvgIpc) is 2.46. The van der Waals surface area contributed by atoms with Gasteiger partial charge in [-0.1, -0.05) is 52.3 Å². The Morgan fingerprint density at radius 1 is 1.00 bits per heavy atom. The summed E-state index contributed by atoms with van der Waals surface area (Å²) in [6.07, 6.45) is 0.182. The summed E-state index contributed by atoms with van der Waals surface area (Å²) in [7, 11) is 0. The third-order valence-corrected chi connectivity index (χ3v) is 4.08. The first-order chi connectivity index (χ1) is 10.1. The lowest BCUT2D eigenvalue weighted by Gasteiger charge is -2.20. The van der Waals surface area contributed by atoms with Crippen LogP contribution in [0, 0.1) is 0 Å². The Morgan fingerprint density at radius 2 is 1.67 bits per heavy atom. The first-order valence-corrected chi connectivity index (χ1v) is 8.09. The largest absolute Gasteiger partial charge is 0.491 e. The molecule has 0 aromatic heterocycles. The van der Waals surface area contributed by atoms with E-state index in [0.717, 1.165) is 16.8 Å². The smallest absolute Gasteiger partial charge is 0.124 e. The molecule has 0 aliphatic heterocycles. The van der Waals surface area contributed by atoms with Crippen molar-refractivity contribution >= 4 is 15.9 Å². The van der Waals surface area contributed by atoms with Crippen molar-refractivity contribution in [2.45, 2.75) is 39.5 Å². The Labute approximate surface area is 135 Å². The molecule has 1 atom stereocenters. The Balaban J connectivity index is 2.07. The van der Waals surface area contributed by atoms with Gasteiger partial charge in [0.15, 0.2) is 0 Å². The average molecular weight is 348 g/mol. The third kappa shape index (κ3) is 4.58. The van der Waals surface area contributed by atoms with Crippen LogP contribution in [0.3, 0.4) is 0 Å². The molecule has 3 heteroatoms. The Morgan fingerprint density at radius 3 is 2.38 bits per heavy atom. The van der Waals surface area contributed by atoms with Gasteiger partial charge in [0.05, 0.1) is 6.10 Å². The van der Waals surface area contributed by atoms with Gasteiger partial charge in [-0.05, 0) is 38.5 Å². The van der Waals surface area contributed by atoms with Crippen LogP contribution in [0.5, 0.6) is 5.75 Å². The van der Waals surface area contributed by atoms with Gasteiger partial charge in [-0.15, -0.1) is 0 Å². The molecule has 2 aromatic rings. The fourth-order valence-electron chi connectivity index (χ4n) is 2.21. The molecular formula is C18H22BrNO. The van der Waals surface area contributed by atoms with Gasteiger partial charge >= 0.3 is 0 Å². The van der Waals surface area contributed by atoms with Crippen LogP contribution in [-0.2, 0) is 6.54 Å². The molecule has 2 rings (SSSR count). The summed E-state index contributed by atoms with van der Waals surface area (Å²) in [4.78, 5) is 0. The number of benzene rings is 2. The van der Waals surface area contributed by atoms with E-state index in [0.29, 0.717) is 0 Å². The van der Waals surface area contributed by atoms with Crippen molar-refractivity contribution in [3.63, 3.8) is 0 Å². The van der Waals surface area contributed by atoms with Crippen LogP contribution >= 0.6 is 15.9 Å². The van der Waals surface area contributed by atoms with Crippen LogP contribution in [0.1, 0.15) is 37.9 Å². The molecule has 2 aromatic carbocycles. The first kappa shape index (κ1) is 16.1. The number of halogens is 1. The van der Waals surface area contributed by atoms with E-state index in [2.05, 4.69) is 72.3 Å². The van der Waals surface area contributed by atoms with Gasteiger partial charge in [-0.25, -0.2) is 0 Å². The number of nitrogens with one attached hydrogen (secondary N) is 1. The highest BCUT2D eigenvalue weighted by molar-refractivity contribution is 9.10. The van der Waals surface area contributed by atoms with E-state index >= 15 is 0 Å². The topological polar surface area (TPSA) is 21.3 Å². The fourth-order valence-corrected chi connectivity index (χ4v) is 2.64. The minimum atomic E-state index is 0.182. The molecule has 0 saturated heterocycles. The molecule has 0 spiro atoms. The van der Waals surface area contributed by atoms with Crippen LogP contribution in [0.4, 0.5) is 0 Å². The van der Waals surface area contributed by atoms with Gasteiger partial charge in [0.2, 0.25) is 0 Å². The fraction of sp³-hybridized carbons (Fsp3) is 0.333. The van der Waals surface area contributed by atoms with Crippen molar-refractivity contribution in [2.24, 2.45) is 0 Å². The van der Waals surface area contributed by atoms with Crippen molar-refractivity contribution in [1.29, 1.82) is 0 Å². The quantitative estimate of drug-likeness (QED) is 0.785. The molecule has 112 valence electrons. The second-order valence-corrected chi connectivity index (χ2v) is 6.25. The molecule has 21 heavy (non-hydrogen) atoms. The maximum atomic E-state index is 5.89. The summed E-state index contributed by atoms with van der Waals surface area (Å²) in [5.41, 5.74) is 2.45. The zero-order valence-electron chi connectivity index (χ0n) is 12.8. The van der Waals surface area contributed by atoms with Crippen LogP contribution < -0.4 is 10.1 Å². The lowest BCUT2D eigenvalue weighted by atomic mass is 10.1. The SMILES string of the molecule is CC(C)Oc1ccccc1C(C)NCc1ccccc1Br. The van der Waals surface area contributed by atoms with Gasteiger partial charge in [-0.3, -0.25) is 0 Å². The summed E-state index contributed by atoms with van der Waals surface area (Å²) in [5, 5.41) is 3.56. The zero-order chi connectivity index (χ0) is 15.2. The maximum absolute atomic E-state index is 5.89. The predicted octanol–water partition coefficient (Wildman–Crippen LogP) is 5.09. The summed E-state index contributed by atoms with van der Waals surface area (Å²) in [6.45, 7) is 7.09. The van der Waals surface area contributed by atoms with Gasteiger partial charge in [-0.2, -0.15) is 0 Å². The van der Waals surface area contributed by atoms with Crippen LogP contribution in [0.25, 0.3) is 0 Å². The summed E-state index contributed by atoms with van der Waals surface area (Å²) in [6, 6.07) is 16.7. The third-order valence-electron chi connectivity index (χ3n) is 3.30. The Bertz CT molecular complexity index is 583. The molecule has 0 amide bonds.